The summed E-state index contributed by atoms with van der Waals surface area (Å²) < 4.78 is 5.01. The number of ketones is 1. The van der Waals surface area contributed by atoms with E-state index < -0.39 is 5.97 Å². The van der Waals surface area contributed by atoms with E-state index in [-0.39, 0.29) is 11.5 Å². The van der Waals surface area contributed by atoms with Gasteiger partial charge in [0.2, 0.25) is 0 Å². The van der Waals surface area contributed by atoms with Crippen molar-refractivity contribution in [2.45, 2.75) is 19.3 Å². The van der Waals surface area contributed by atoms with Crippen LogP contribution in [0, 0.1) is 0 Å². The van der Waals surface area contributed by atoms with Gasteiger partial charge in [-0.25, -0.2) is 4.79 Å². The molecule has 1 aromatic rings. The monoisotopic (exact) mass is 242 g/mol. The van der Waals surface area contributed by atoms with E-state index in [9.17, 15) is 9.59 Å². The lowest BCUT2D eigenvalue weighted by atomic mass is 10.1. The number of allylic oxidation sites excluding steroid dienone is 2. The molecule has 0 atom stereocenters. The summed E-state index contributed by atoms with van der Waals surface area (Å²) in [5, 5.41) is 0. The number of benzene rings is 1. The van der Waals surface area contributed by atoms with E-state index in [1.54, 1.807) is 12.2 Å². The zero-order valence-corrected chi connectivity index (χ0v) is 9.96. The van der Waals surface area contributed by atoms with Crippen LogP contribution in [-0.4, -0.2) is 11.8 Å². The van der Waals surface area contributed by atoms with Gasteiger partial charge in [0.25, 0.3) is 0 Å². The largest absolute Gasteiger partial charge is 0.420 e. The van der Waals surface area contributed by atoms with Crippen molar-refractivity contribution in [3.63, 3.8) is 0 Å². The molecule has 1 aliphatic rings. The van der Waals surface area contributed by atoms with Crippen molar-refractivity contribution in [1.29, 1.82) is 0 Å². The third-order valence-corrected chi connectivity index (χ3v) is 2.63. The average molecular weight is 242 g/mol. The zero-order chi connectivity index (χ0) is 12.8. The normalized spacial score (nSPS) is 15.6. The third-order valence-electron chi connectivity index (χ3n) is 2.63. The van der Waals surface area contributed by atoms with Gasteiger partial charge in [-0.2, -0.15) is 0 Å². The van der Waals surface area contributed by atoms with Crippen molar-refractivity contribution >= 4 is 17.8 Å². The van der Waals surface area contributed by atoms with Gasteiger partial charge in [-0.3, -0.25) is 4.79 Å². The molecule has 3 nitrogen and oxygen atoms in total. The van der Waals surface area contributed by atoms with Crippen LogP contribution in [0.2, 0.25) is 0 Å². The van der Waals surface area contributed by atoms with Crippen molar-refractivity contribution in [2.75, 3.05) is 0 Å². The Bertz CT molecular complexity index is 498. The maximum Gasteiger partial charge on any atom is 0.336 e. The first kappa shape index (κ1) is 12.3. The smallest absolute Gasteiger partial charge is 0.336 e. The van der Waals surface area contributed by atoms with E-state index in [0.29, 0.717) is 6.42 Å². The molecule has 0 unspecified atom stereocenters. The van der Waals surface area contributed by atoms with E-state index in [1.165, 1.54) is 6.08 Å². The van der Waals surface area contributed by atoms with Gasteiger partial charge in [-0.15, -0.1) is 0 Å². The molecule has 0 N–H and O–H groups in total. The van der Waals surface area contributed by atoms with Crippen LogP contribution in [0.5, 0.6) is 0 Å². The Labute approximate surface area is 106 Å². The quantitative estimate of drug-likeness (QED) is 0.604. The lowest BCUT2D eigenvalue weighted by Crippen LogP contribution is -2.13. The highest BCUT2D eigenvalue weighted by Gasteiger charge is 2.16. The molecule has 0 saturated carbocycles. The lowest BCUT2D eigenvalue weighted by molar-refractivity contribution is -0.137. The second-order valence-corrected chi connectivity index (χ2v) is 4.05. The fourth-order valence-corrected chi connectivity index (χ4v) is 1.70. The van der Waals surface area contributed by atoms with Gasteiger partial charge in [0.15, 0.2) is 11.5 Å². The zero-order valence-electron chi connectivity index (χ0n) is 9.96. The second kappa shape index (κ2) is 5.96. The van der Waals surface area contributed by atoms with Crippen LogP contribution in [0.15, 0.2) is 48.2 Å². The van der Waals surface area contributed by atoms with Gasteiger partial charge < -0.3 is 4.74 Å². The molecular weight excluding hydrogens is 228 g/mol. The van der Waals surface area contributed by atoms with Gasteiger partial charge in [0, 0.05) is 12.5 Å². The van der Waals surface area contributed by atoms with Crippen molar-refractivity contribution < 1.29 is 14.3 Å². The summed E-state index contributed by atoms with van der Waals surface area (Å²) in [5.74, 6) is -0.424. The summed E-state index contributed by atoms with van der Waals surface area (Å²) in [4.78, 5) is 23.0. The first-order valence-corrected chi connectivity index (χ1v) is 5.94. The first-order valence-electron chi connectivity index (χ1n) is 5.94. The number of carbonyl (C=O) groups is 2. The number of rotatable bonds is 3. The van der Waals surface area contributed by atoms with Crippen LogP contribution in [0.1, 0.15) is 24.8 Å². The van der Waals surface area contributed by atoms with E-state index in [0.717, 1.165) is 18.4 Å². The number of hydrogen-bond donors (Lipinski definition) is 0. The van der Waals surface area contributed by atoms with Crippen LogP contribution in [0.3, 0.4) is 0 Å². The van der Waals surface area contributed by atoms with Crippen molar-refractivity contribution in [2.24, 2.45) is 0 Å². The molecule has 0 radical (unpaired) electrons. The van der Waals surface area contributed by atoms with Gasteiger partial charge >= 0.3 is 5.97 Å². The van der Waals surface area contributed by atoms with E-state index in [2.05, 4.69) is 0 Å². The standard InChI is InChI=1S/C15H14O3/c16-13-8-4-5-9-14(13)18-15(17)11-10-12-6-2-1-3-7-12/h1-3,6-7,9-11H,4-5,8H2/b11-10+. The molecule has 18 heavy (non-hydrogen) atoms. The summed E-state index contributed by atoms with van der Waals surface area (Å²) in [6, 6.07) is 9.45. The fourth-order valence-electron chi connectivity index (χ4n) is 1.70. The molecule has 0 heterocycles. The van der Waals surface area contributed by atoms with Crippen LogP contribution >= 0.6 is 0 Å². The van der Waals surface area contributed by atoms with Crippen molar-refractivity contribution in [3.8, 4) is 0 Å². The Morgan fingerprint density at radius 1 is 1.22 bits per heavy atom. The minimum absolute atomic E-state index is 0.0947. The van der Waals surface area contributed by atoms with Gasteiger partial charge in [-0.05, 0) is 30.6 Å². The molecule has 0 bridgehead atoms. The number of hydrogen-bond acceptors (Lipinski definition) is 3. The van der Waals surface area contributed by atoms with Crippen molar-refractivity contribution in [3.05, 3.63) is 53.8 Å². The summed E-state index contributed by atoms with van der Waals surface area (Å²) in [7, 11) is 0. The van der Waals surface area contributed by atoms with E-state index in [1.807, 2.05) is 30.3 Å². The molecule has 0 aromatic heterocycles. The predicted molar refractivity (Wildman–Crippen MR) is 68.5 cm³/mol. The molecule has 0 amide bonds. The van der Waals surface area contributed by atoms with E-state index in [4.69, 9.17) is 4.74 Å². The molecule has 1 aromatic carbocycles. The average Bonchev–Trinajstić information content (AvgIpc) is 2.40. The Morgan fingerprint density at radius 2 is 2.00 bits per heavy atom. The molecule has 0 fully saturated rings. The number of ether oxygens (including phenoxy) is 1. The molecular formula is C15H14O3. The van der Waals surface area contributed by atoms with Crippen LogP contribution in [0.25, 0.3) is 6.08 Å². The van der Waals surface area contributed by atoms with Gasteiger partial charge in [-0.1, -0.05) is 30.3 Å². The van der Waals surface area contributed by atoms with Gasteiger partial charge in [0.1, 0.15) is 0 Å². The number of esters is 1. The highest BCUT2D eigenvalue weighted by molar-refractivity contribution is 5.98. The minimum atomic E-state index is -0.514. The van der Waals surface area contributed by atoms with Crippen LogP contribution in [-0.2, 0) is 14.3 Å². The molecule has 2 rings (SSSR count). The minimum Gasteiger partial charge on any atom is -0.420 e. The predicted octanol–water partition coefficient (Wildman–Crippen LogP) is 2.88. The second-order valence-electron chi connectivity index (χ2n) is 4.05. The van der Waals surface area contributed by atoms with Gasteiger partial charge in [0.05, 0.1) is 0 Å². The molecule has 3 heteroatoms. The molecule has 0 saturated heterocycles. The Balaban J connectivity index is 1.95. The molecule has 1 aliphatic carbocycles. The molecule has 0 aliphatic heterocycles. The van der Waals surface area contributed by atoms with E-state index >= 15 is 0 Å². The van der Waals surface area contributed by atoms with Crippen molar-refractivity contribution in [1.82, 2.24) is 0 Å². The number of Topliss-reactive ketones (excluding diaryl/α,β-unsaturated/α-hetero) is 1. The third kappa shape index (κ3) is 3.42. The van der Waals surface area contributed by atoms with Crippen LogP contribution in [0.4, 0.5) is 0 Å². The highest BCUT2D eigenvalue weighted by Crippen LogP contribution is 2.15. The maximum atomic E-state index is 11.5. The Morgan fingerprint density at radius 3 is 2.72 bits per heavy atom. The summed E-state index contributed by atoms with van der Waals surface area (Å²) >= 11 is 0. The Kier molecular flexibility index (Phi) is 4.07. The fraction of sp³-hybridized carbons (Fsp3) is 0.200. The molecule has 0 spiro atoms. The Hall–Kier alpha value is -2.16. The highest BCUT2D eigenvalue weighted by atomic mass is 16.5. The summed E-state index contributed by atoms with van der Waals surface area (Å²) in [6.07, 6.45) is 6.76. The SMILES string of the molecule is O=C(/C=C/c1ccccc1)OC1=CCCCC1=O. The lowest BCUT2D eigenvalue weighted by Gasteiger charge is -2.10. The summed E-state index contributed by atoms with van der Waals surface area (Å²) in [6.45, 7) is 0. The van der Waals surface area contributed by atoms with Crippen LogP contribution < -0.4 is 0 Å². The topological polar surface area (TPSA) is 43.4 Å². The number of carbonyl (C=O) groups excluding carboxylic acids is 2. The molecule has 92 valence electrons. The first-order chi connectivity index (χ1) is 8.75. The maximum absolute atomic E-state index is 11.5. The summed E-state index contributed by atoms with van der Waals surface area (Å²) in [5.41, 5.74) is 0.915.